The molecule has 1 atom stereocenters. The molecule has 1 unspecified atom stereocenters. The van der Waals surface area contributed by atoms with Crippen LogP contribution in [0.5, 0.6) is 0 Å². The monoisotopic (exact) mass is 610 g/mol. The number of hydrogen-bond acceptors (Lipinski definition) is 1. The number of para-hydroxylation sites is 4. The van der Waals surface area contributed by atoms with Crippen molar-refractivity contribution >= 4 is 32.7 Å². The smallest absolute Gasteiger partial charge is 0.0780 e. The second-order valence-electron chi connectivity index (χ2n) is 12.7. The van der Waals surface area contributed by atoms with Crippen molar-refractivity contribution in [2.75, 3.05) is 0 Å². The molecule has 10 rings (SSSR count). The highest BCUT2D eigenvalue weighted by Gasteiger charge is 2.45. The van der Waals surface area contributed by atoms with Gasteiger partial charge in [0.05, 0.1) is 27.7 Å². The summed E-state index contributed by atoms with van der Waals surface area (Å²) < 4.78 is 2.48. The number of benzene rings is 7. The lowest BCUT2D eigenvalue weighted by molar-refractivity contribution is 0.728. The van der Waals surface area contributed by atoms with Gasteiger partial charge < -0.3 is 4.57 Å². The molecule has 2 nitrogen and oxygen atoms in total. The zero-order valence-electron chi connectivity index (χ0n) is 26.2. The van der Waals surface area contributed by atoms with Gasteiger partial charge in [0.25, 0.3) is 0 Å². The van der Waals surface area contributed by atoms with E-state index in [-0.39, 0.29) is 0 Å². The van der Waals surface area contributed by atoms with E-state index < -0.39 is 5.41 Å². The minimum absolute atomic E-state index is 0.495. The summed E-state index contributed by atoms with van der Waals surface area (Å²) in [5.41, 5.74) is 14.1. The van der Waals surface area contributed by atoms with Gasteiger partial charge in [-0.25, -0.2) is 0 Å². The normalized spacial score (nSPS) is 15.2. The third-order valence-corrected chi connectivity index (χ3v) is 10.3. The molecule has 2 aromatic heterocycles. The molecule has 0 bridgehead atoms. The average molecular weight is 611 g/mol. The lowest BCUT2D eigenvalue weighted by Gasteiger charge is -2.41. The first kappa shape index (κ1) is 26.9. The summed E-state index contributed by atoms with van der Waals surface area (Å²) in [5.74, 6) is 0. The minimum Gasteiger partial charge on any atom is -0.309 e. The SMILES string of the molecule is c1ccc(C2(c3ccc(-c4ccc(-c5cccc6cccnc56)cc4)cc3)c3ccccc3-n3c4ccccc4c4cccc2c43)cc1. The Balaban J connectivity index is 1.16. The molecule has 0 amide bonds. The number of aromatic nitrogens is 2. The van der Waals surface area contributed by atoms with Gasteiger partial charge in [0.2, 0.25) is 0 Å². The molecule has 0 fully saturated rings. The Morgan fingerprint density at radius 1 is 0.438 bits per heavy atom. The Hall–Kier alpha value is -6.25. The van der Waals surface area contributed by atoms with Crippen molar-refractivity contribution in [3.63, 3.8) is 0 Å². The van der Waals surface area contributed by atoms with E-state index in [9.17, 15) is 0 Å². The second kappa shape index (κ2) is 10.4. The van der Waals surface area contributed by atoms with Gasteiger partial charge in [0.15, 0.2) is 0 Å². The topological polar surface area (TPSA) is 17.8 Å². The Morgan fingerprint density at radius 3 is 1.92 bits per heavy atom. The molecule has 0 N–H and O–H groups in total. The van der Waals surface area contributed by atoms with Crippen LogP contribution in [0.2, 0.25) is 0 Å². The molecule has 1 aliphatic rings. The van der Waals surface area contributed by atoms with Crippen LogP contribution in [0.3, 0.4) is 0 Å². The Bertz CT molecular complexity index is 2640. The maximum absolute atomic E-state index is 4.68. The fourth-order valence-corrected chi connectivity index (χ4v) is 8.27. The Kier molecular flexibility index (Phi) is 5.82. The third-order valence-electron chi connectivity index (χ3n) is 10.3. The van der Waals surface area contributed by atoms with Gasteiger partial charge in [-0.05, 0) is 57.1 Å². The van der Waals surface area contributed by atoms with Crippen LogP contribution in [0, 0.1) is 0 Å². The minimum atomic E-state index is -0.495. The molecule has 2 heteroatoms. The average Bonchev–Trinajstić information content (AvgIpc) is 3.51. The quantitative estimate of drug-likeness (QED) is 0.194. The Labute approximate surface area is 279 Å². The number of fused-ring (bicyclic) bond motifs is 6. The van der Waals surface area contributed by atoms with Gasteiger partial charge in [-0.15, -0.1) is 0 Å². The molecule has 7 aromatic carbocycles. The molecule has 0 aliphatic carbocycles. The third kappa shape index (κ3) is 3.72. The van der Waals surface area contributed by atoms with E-state index in [2.05, 4.69) is 179 Å². The van der Waals surface area contributed by atoms with Crippen molar-refractivity contribution in [2.45, 2.75) is 5.41 Å². The first-order valence-electron chi connectivity index (χ1n) is 16.6. The summed E-state index contributed by atoms with van der Waals surface area (Å²) in [6, 6.07) is 64.4. The summed E-state index contributed by atoms with van der Waals surface area (Å²) >= 11 is 0. The van der Waals surface area contributed by atoms with Crippen LogP contribution in [0.15, 0.2) is 182 Å². The van der Waals surface area contributed by atoms with E-state index in [1.165, 1.54) is 66.4 Å². The zero-order chi connectivity index (χ0) is 31.7. The molecule has 1 aliphatic heterocycles. The Morgan fingerprint density at radius 2 is 1.06 bits per heavy atom. The number of nitrogens with zero attached hydrogens (tertiary/aromatic N) is 2. The number of pyridine rings is 1. The number of hydrogen-bond donors (Lipinski definition) is 0. The van der Waals surface area contributed by atoms with Crippen molar-refractivity contribution < 1.29 is 0 Å². The van der Waals surface area contributed by atoms with Crippen LogP contribution in [0.4, 0.5) is 0 Å². The van der Waals surface area contributed by atoms with Crippen molar-refractivity contribution in [2.24, 2.45) is 0 Å². The molecule has 0 spiro atoms. The molecule has 3 heterocycles. The van der Waals surface area contributed by atoms with Gasteiger partial charge in [-0.3, -0.25) is 4.98 Å². The molecule has 0 radical (unpaired) electrons. The van der Waals surface area contributed by atoms with E-state index in [0.717, 1.165) is 16.5 Å². The van der Waals surface area contributed by atoms with Gasteiger partial charge in [0, 0.05) is 27.9 Å². The summed E-state index contributed by atoms with van der Waals surface area (Å²) in [6.07, 6.45) is 1.87. The van der Waals surface area contributed by atoms with Gasteiger partial charge >= 0.3 is 0 Å². The maximum Gasteiger partial charge on any atom is 0.0780 e. The second-order valence-corrected chi connectivity index (χ2v) is 12.7. The van der Waals surface area contributed by atoms with Crippen molar-refractivity contribution in [3.05, 3.63) is 204 Å². The van der Waals surface area contributed by atoms with Crippen LogP contribution >= 0.6 is 0 Å². The molecule has 48 heavy (non-hydrogen) atoms. The highest BCUT2D eigenvalue weighted by atomic mass is 15.0. The fourth-order valence-electron chi connectivity index (χ4n) is 8.27. The molecule has 224 valence electrons. The van der Waals surface area contributed by atoms with Crippen LogP contribution in [0.1, 0.15) is 22.3 Å². The predicted octanol–water partition coefficient (Wildman–Crippen LogP) is 11.4. The number of rotatable bonds is 4. The summed E-state index contributed by atoms with van der Waals surface area (Å²) in [4.78, 5) is 4.68. The van der Waals surface area contributed by atoms with E-state index in [1.54, 1.807) is 0 Å². The highest BCUT2D eigenvalue weighted by Crippen LogP contribution is 2.54. The summed E-state index contributed by atoms with van der Waals surface area (Å²) in [7, 11) is 0. The lowest BCUT2D eigenvalue weighted by Crippen LogP contribution is -2.35. The van der Waals surface area contributed by atoms with Gasteiger partial charge in [-0.1, -0.05) is 158 Å². The van der Waals surface area contributed by atoms with Crippen LogP contribution in [-0.2, 0) is 5.41 Å². The summed E-state index contributed by atoms with van der Waals surface area (Å²) in [6.45, 7) is 0. The predicted molar refractivity (Wildman–Crippen MR) is 199 cm³/mol. The lowest BCUT2D eigenvalue weighted by atomic mass is 9.63. The maximum atomic E-state index is 4.68. The molecular weight excluding hydrogens is 581 g/mol. The molecule has 0 saturated heterocycles. The van der Waals surface area contributed by atoms with Crippen LogP contribution in [-0.4, -0.2) is 9.55 Å². The first-order valence-corrected chi connectivity index (χ1v) is 16.6. The van der Waals surface area contributed by atoms with Crippen molar-refractivity contribution in [1.29, 1.82) is 0 Å². The fraction of sp³-hybridized carbons (Fsp3) is 0.0217. The van der Waals surface area contributed by atoms with E-state index in [4.69, 9.17) is 0 Å². The van der Waals surface area contributed by atoms with Gasteiger partial charge in [-0.2, -0.15) is 0 Å². The molecule has 9 aromatic rings. The van der Waals surface area contributed by atoms with Crippen molar-refractivity contribution in [3.8, 4) is 27.9 Å². The van der Waals surface area contributed by atoms with E-state index in [1.807, 2.05) is 12.3 Å². The largest absolute Gasteiger partial charge is 0.309 e. The first-order chi connectivity index (χ1) is 23.8. The van der Waals surface area contributed by atoms with Gasteiger partial charge in [0.1, 0.15) is 0 Å². The van der Waals surface area contributed by atoms with Crippen molar-refractivity contribution in [1.82, 2.24) is 9.55 Å². The standard InChI is InChI=1S/C46H30N2/c1-2-13-35(14-3-1)46(40-18-5-7-21-43(40)48-42-20-6-4-15-38(42)39-17-9-19-41(46)45(39)48)36-28-26-32(27-29-36)31-22-24-33(25-23-31)37-16-8-11-34-12-10-30-47-44(34)37/h1-30H. The van der Waals surface area contributed by atoms with Crippen LogP contribution in [0.25, 0.3) is 60.6 Å². The zero-order valence-corrected chi connectivity index (χ0v) is 26.2. The van der Waals surface area contributed by atoms with E-state index >= 15 is 0 Å². The van der Waals surface area contributed by atoms with Crippen LogP contribution < -0.4 is 0 Å². The molecule has 0 saturated carbocycles. The highest BCUT2D eigenvalue weighted by molar-refractivity contribution is 6.12. The summed E-state index contributed by atoms with van der Waals surface area (Å²) in [5, 5.41) is 3.73. The molecular formula is C46H30N2. The van der Waals surface area contributed by atoms with E-state index in [0.29, 0.717) is 0 Å².